The number of rotatable bonds is 5. The van der Waals surface area contributed by atoms with Gasteiger partial charge in [0.15, 0.2) is 0 Å². The number of amides is 2. The van der Waals surface area contributed by atoms with Crippen LogP contribution in [0.3, 0.4) is 0 Å². The number of hydrogen-bond donors (Lipinski definition) is 3. The summed E-state index contributed by atoms with van der Waals surface area (Å²) in [6.07, 6.45) is 2.10. The van der Waals surface area contributed by atoms with Gasteiger partial charge in [-0.3, -0.25) is 9.59 Å². The van der Waals surface area contributed by atoms with Crippen molar-refractivity contribution < 1.29 is 14.0 Å². The van der Waals surface area contributed by atoms with Gasteiger partial charge in [-0.25, -0.2) is 4.39 Å². The van der Waals surface area contributed by atoms with E-state index in [9.17, 15) is 14.0 Å². The van der Waals surface area contributed by atoms with Gasteiger partial charge in [0.25, 0.3) is 5.91 Å². The van der Waals surface area contributed by atoms with Crippen LogP contribution in [0.2, 0.25) is 0 Å². The van der Waals surface area contributed by atoms with Crippen LogP contribution in [0.25, 0.3) is 0 Å². The van der Waals surface area contributed by atoms with E-state index in [1.807, 2.05) is 6.92 Å². The van der Waals surface area contributed by atoms with E-state index >= 15 is 0 Å². The van der Waals surface area contributed by atoms with Gasteiger partial charge < -0.3 is 16.4 Å². The topological polar surface area (TPSA) is 84.2 Å². The molecule has 0 heterocycles. The Bertz CT molecular complexity index is 572. The van der Waals surface area contributed by atoms with E-state index < -0.39 is 17.3 Å². The van der Waals surface area contributed by atoms with E-state index in [4.69, 9.17) is 5.73 Å². The third-order valence-electron chi connectivity index (χ3n) is 3.84. The Labute approximate surface area is 123 Å². The van der Waals surface area contributed by atoms with Crippen molar-refractivity contribution in [3.8, 4) is 0 Å². The van der Waals surface area contributed by atoms with Crippen molar-refractivity contribution in [3.63, 3.8) is 0 Å². The highest BCUT2D eigenvalue weighted by molar-refractivity contribution is 5.97. The fraction of sp³-hybridized carbons (Fsp3) is 0.467. The van der Waals surface area contributed by atoms with Crippen LogP contribution in [0.1, 0.15) is 37.0 Å². The van der Waals surface area contributed by atoms with E-state index in [0.29, 0.717) is 18.0 Å². The summed E-state index contributed by atoms with van der Waals surface area (Å²) in [5, 5.41) is 5.28. The zero-order valence-corrected chi connectivity index (χ0v) is 12.2. The molecule has 1 aromatic rings. The minimum Gasteiger partial charge on any atom is -0.345 e. The molecule has 6 heteroatoms. The summed E-state index contributed by atoms with van der Waals surface area (Å²) in [6, 6.07) is 3.88. The average molecular weight is 293 g/mol. The zero-order chi connectivity index (χ0) is 15.6. The van der Waals surface area contributed by atoms with Crippen molar-refractivity contribution in [1.29, 1.82) is 0 Å². The molecular formula is C15H20FN3O2. The lowest BCUT2D eigenvalue weighted by atomic mass is 9.95. The lowest BCUT2D eigenvalue weighted by Gasteiger charge is -2.29. The molecule has 1 unspecified atom stereocenters. The number of nitrogens with two attached hydrogens (primary N) is 1. The summed E-state index contributed by atoms with van der Waals surface area (Å²) in [5.41, 5.74) is 5.61. The fourth-order valence-corrected chi connectivity index (χ4v) is 2.32. The molecule has 114 valence electrons. The van der Waals surface area contributed by atoms with Crippen molar-refractivity contribution in [2.45, 2.75) is 32.2 Å². The van der Waals surface area contributed by atoms with Crippen molar-refractivity contribution in [2.75, 3.05) is 11.9 Å². The third kappa shape index (κ3) is 3.58. The summed E-state index contributed by atoms with van der Waals surface area (Å²) >= 11 is 0. The maximum atomic E-state index is 13.6. The smallest absolute Gasteiger partial charge is 0.251 e. The fourth-order valence-electron chi connectivity index (χ4n) is 2.32. The van der Waals surface area contributed by atoms with E-state index in [1.165, 1.54) is 19.1 Å². The molecule has 4 N–H and O–H groups in total. The molecule has 2 amide bonds. The van der Waals surface area contributed by atoms with E-state index in [0.717, 1.165) is 18.9 Å². The average Bonchev–Trinajstić information content (AvgIpc) is 3.25. The molecule has 1 fully saturated rings. The molecule has 1 atom stereocenters. The third-order valence-corrected chi connectivity index (χ3v) is 3.84. The van der Waals surface area contributed by atoms with Crippen molar-refractivity contribution in [3.05, 3.63) is 29.6 Å². The Morgan fingerprint density at radius 3 is 2.62 bits per heavy atom. The molecule has 0 spiro atoms. The van der Waals surface area contributed by atoms with Crippen LogP contribution >= 0.6 is 0 Å². The second-order valence-electron chi connectivity index (χ2n) is 5.73. The minimum absolute atomic E-state index is 0.00368. The number of hydrogen-bond acceptors (Lipinski definition) is 3. The molecule has 0 aliphatic heterocycles. The molecule has 1 aliphatic rings. The summed E-state index contributed by atoms with van der Waals surface area (Å²) in [6.45, 7) is 3.55. The molecule has 0 aromatic heterocycles. The SMILES string of the molecule is CC(=O)Nc1cc(C(=O)NC(C)(CN)C2CC2)ccc1F. The first-order valence-electron chi connectivity index (χ1n) is 6.95. The van der Waals surface area contributed by atoms with Crippen LogP contribution in [-0.4, -0.2) is 23.9 Å². The van der Waals surface area contributed by atoms with Crippen LogP contribution in [0.15, 0.2) is 18.2 Å². The van der Waals surface area contributed by atoms with Crippen LogP contribution in [0.5, 0.6) is 0 Å². The zero-order valence-electron chi connectivity index (χ0n) is 12.2. The van der Waals surface area contributed by atoms with Gasteiger partial charge >= 0.3 is 0 Å². The maximum absolute atomic E-state index is 13.6. The second kappa shape index (κ2) is 5.81. The van der Waals surface area contributed by atoms with E-state index in [1.54, 1.807) is 0 Å². The molecule has 0 bridgehead atoms. The van der Waals surface area contributed by atoms with Gasteiger partial charge in [0, 0.05) is 19.0 Å². The van der Waals surface area contributed by atoms with Gasteiger partial charge in [-0.2, -0.15) is 0 Å². The van der Waals surface area contributed by atoms with Crippen LogP contribution in [-0.2, 0) is 4.79 Å². The summed E-state index contributed by atoms with van der Waals surface area (Å²) < 4.78 is 13.6. The Hall–Kier alpha value is -1.95. The molecule has 21 heavy (non-hydrogen) atoms. The predicted molar refractivity (Wildman–Crippen MR) is 78.4 cm³/mol. The Balaban J connectivity index is 2.17. The standard InChI is InChI=1S/C15H20FN3O2/c1-9(20)18-13-7-10(3-6-12(13)16)14(21)19-15(2,8-17)11-4-5-11/h3,6-7,11H,4-5,8,17H2,1-2H3,(H,18,20)(H,19,21). The second-order valence-corrected chi connectivity index (χ2v) is 5.73. The Morgan fingerprint density at radius 2 is 2.10 bits per heavy atom. The molecule has 2 rings (SSSR count). The maximum Gasteiger partial charge on any atom is 0.251 e. The monoisotopic (exact) mass is 293 g/mol. The largest absolute Gasteiger partial charge is 0.345 e. The minimum atomic E-state index is -0.578. The molecular weight excluding hydrogens is 273 g/mol. The molecule has 5 nitrogen and oxygen atoms in total. The van der Waals surface area contributed by atoms with Crippen molar-refractivity contribution >= 4 is 17.5 Å². The van der Waals surface area contributed by atoms with Gasteiger partial charge in [0.2, 0.25) is 5.91 Å². The van der Waals surface area contributed by atoms with Crippen molar-refractivity contribution in [1.82, 2.24) is 5.32 Å². The highest BCUT2D eigenvalue weighted by Crippen LogP contribution is 2.39. The van der Waals surface area contributed by atoms with Gasteiger partial charge in [-0.1, -0.05) is 0 Å². The first kappa shape index (κ1) is 15.4. The molecule has 1 saturated carbocycles. The number of anilines is 1. The molecule has 1 aromatic carbocycles. The number of benzene rings is 1. The van der Waals surface area contributed by atoms with Gasteiger partial charge in [0.05, 0.1) is 11.2 Å². The quantitative estimate of drug-likeness (QED) is 0.771. The Morgan fingerprint density at radius 1 is 1.43 bits per heavy atom. The molecule has 1 aliphatic carbocycles. The van der Waals surface area contributed by atoms with Gasteiger partial charge in [-0.15, -0.1) is 0 Å². The number of halogens is 1. The van der Waals surface area contributed by atoms with E-state index in [-0.39, 0.29) is 11.6 Å². The number of carbonyl (C=O) groups is 2. The lowest BCUT2D eigenvalue weighted by Crippen LogP contribution is -2.53. The van der Waals surface area contributed by atoms with E-state index in [2.05, 4.69) is 10.6 Å². The van der Waals surface area contributed by atoms with Crippen molar-refractivity contribution in [2.24, 2.45) is 11.7 Å². The first-order chi connectivity index (χ1) is 9.85. The molecule has 0 radical (unpaired) electrons. The molecule has 0 saturated heterocycles. The number of carbonyl (C=O) groups excluding carboxylic acids is 2. The summed E-state index contributed by atoms with van der Waals surface area (Å²) in [5.74, 6) is -0.898. The first-order valence-corrected chi connectivity index (χ1v) is 6.95. The van der Waals surface area contributed by atoms with Gasteiger partial charge in [-0.05, 0) is 43.9 Å². The van der Waals surface area contributed by atoms with Crippen LogP contribution in [0, 0.1) is 11.7 Å². The van der Waals surface area contributed by atoms with Crippen LogP contribution < -0.4 is 16.4 Å². The highest BCUT2D eigenvalue weighted by Gasteiger charge is 2.41. The predicted octanol–water partition coefficient (Wildman–Crippen LogP) is 1.64. The number of nitrogens with one attached hydrogen (secondary N) is 2. The van der Waals surface area contributed by atoms with Crippen LogP contribution in [0.4, 0.5) is 10.1 Å². The normalized spacial score (nSPS) is 17.0. The Kier molecular flexibility index (Phi) is 4.27. The van der Waals surface area contributed by atoms with Gasteiger partial charge in [0.1, 0.15) is 5.82 Å². The summed E-state index contributed by atoms with van der Waals surface area (Å²) in [4.78, 5) is 23.3. The summed E-state index contributed by atoms with van der Waals surface area (Å²) in [7, 11) is 0. The highest BCUT2D eigenvalue weighted by atomic mass is 19.1. The lowest BCUT2D eigenvalue weighted by molar-refractivity contribution is -0.114.